The summed E-state index contributed by atoms with van der Waals surface area (Å²) in [5.41, 5.74) is 1.57. The highest BCUT2D eigenvalue weighted by Crippen LogP contribution is 2.34. The van der Waals surface area contributed by atoms with Crippen molar-refractivity contribution in [1.82, 2.24) is 14.9 Å². The van der Waals surface area contributed by atoms with Gasteiger partial charge in [0.2, 0.25) is 0 Å². The molecule has 0 unspecified atom stereocenters. The van der Waals surface area contributed by atoms with Crippen LogP contribution in [0.5, 0.6) is 0 Å². The number of nitrogens with one attached hydrogen (secondary N) is 1. The van der Waals surface area contributed by atoms with E-state index in [1.165, 1.54) is 11.3 Å². The number of hydrogen-bond acceptors (Lipinski definition) is 5. The third-order valence-electron chi connectivity index (χ3n) is 4.19. The molecule has 1 N–H and O–H groups in total. The third-order valence-corrected chi connectivity index (χ3v) is 6.66. The Morgan fingerprint density at radius 2 is 2.00 bits per heavy atom. The molecule has 26 heavy (non-hydrogen) atoms. The summed E-state index contributed by atoms with van der Waals surface area (Å²) in [7, 11) is 0. The Kier molecular flexibility index (Phi) is 6.64. The maximum atomic E-state index is 12.6. The van der Waals surface area contributed by atoms with Gasteiger partial charge in [0.15, 0.2) is 5.16 Å². The molecule has 2 heterocycles. The minimum Gasteiger partial charge on any atom is -0.303 e. The summed E-state index contributed by atoms with van der Waals surface area (Å²) in [5.74, 6) is 0.890. The quantitative estimate of drug-likeness (QED) is 0.405. The van der Waals surface area contributed by atoms with E-state index in [-0.39, 0.29) is 5.56 Å². The molecular formula is C18H19Cl2N3OS2. The average molecular weight is 428 g/mol. The van der Waals surface area contributed by atoms with Crippen LogP contribution in [-0.2, 0) is 0 Å². The summed E-state index contributed by atoms with van der Waals surface area (Å²) in [5, 5.41) is 4.17. The second kappa shape index (κ2) is 8.76. The predicted octanol–water partition coefficient (Wildman–Crippen LogP) is 5.39. The van der Waals surface area contributed by atoms with E-state index in [2.05, 4.69) is 28.7 Å². The smallest absolute Gasteiger partial charge is 0.260 e. The molecule has 3 rings (SSSR count). The molecule has 0 bridgehead atoms. The number of H-pyrrole nitrogens is 1. The minimum absolute atomic E-state index is 0.123. The maximum Gasteiger partial charge on any atom is 0.260 e. The van der Waals surface area contributed by atoms with Crippen LogP contribution in [0.25, 0.3) is 21.3 Å². The average Bonchev–Trinajstić information content (AvgIpc) is 3.06. The van der Waals surface area contributed by atoms with Gasteiger partial charge in [-0.2, -0.15) is 0 Å². The third kappa shape index (κ3) is 4.26. The molecule has 3 aromatic rings. The molecule has 2 aromatic heterocycles. The van der Waals surface area contributed by atoms with Crippen LogP contribution in [0.3, 0.4) is 0 Å². The SMILES string of the molecule is CCN(CC)CCSc1nc2scc(-c3ccc(Cl)c(Cl)c3)c2c(=O)[nH]1. The summed E-state index contributed by atoms with van der Waals surface area (Å²) in [4.78, 5) is 23.3. The number of fused-ring (bicyclic) bond motifs is 1. The number of aromatic amines is 1. The zero-order valence-electron chi connectivity index (χ0n) is 14.5. The fourth-order valence-electron chi connectivity index (χ4n) is 2.68. The number of aromatic nitrogens is 2. The molecule has 0 radical (unpaired) electrons. The first-order valence-electron chi connectivity index (χ1n) is 8.35. The fraction of sp³-hybridized carbons (Fsp3) is 0.333. The minimum atomic E-state index is -0.123. The lowest BCUT2D eigenvalue weighted by atomic mass is 10.1. The van der Waals surface area contributed by atoms with E-state index in [0.29, 0.717) is 20.6 Å². The Morgan fingerprint density at radius 1 is 1.23 bits per heavy atom. The van der Waals surface area contributed by atoms with Crippen LogP contribution in [0.4, 0.5) is 0 Å². The van der Waals surface area contributed by atoms with E-state index in [9.17, 15) is 4.79 Å². The van der Waals surface area contributed by atoms with Crippen LogP contribution in [0.15, 0.2) is 33.5 Å². The van der Waals surface area contributed by atoms with Crippen molar-refractivity contribution in [1.29, 1.82) is 0 Å². The van der Waals surface area contributed by atoms with Crippen molar-refractivity contribution in [3.63, 3.8) is 0 Å². The Labute approximate surface area is 170 Å². The van der Waals surface area contributed by atoms with E-state index in [1.807, 2.05) is 11.4 Å². The van der Waals surface area contributed by atoms with Gasteiger partial charge in [-0.3, -0.25) is 4.79 Å². The number of rotatable bonds is 7. The predicted molar refractivity (Wildman–Crippen MR) is 114 cm³/mol. The first-order chi connectivity index (χ1) is 12.5. The highest BCUT2D eigenvalue weighted by Gasteiger charge is 2.14. The van der Waals surface area contributed by atoms with Gasteiger partial charge in [-0.05, 0) is 30.8 Å². The van der Waals surface area contributed by atoms with Gasteiger partial charge in [0.1, 0.15) is 4.83 Å². The van der Waals surface area contributed by atoms with Crippen molar-refractivity contribution in [2.24, 2.45) is 0 Å². The molecule has 8 heteroatoms. The number of halogens is 2. The normalized spacial score (nSPS) is 11.6. The second-order valence-electron chi connectivity index (χ2n) is 5.70. The van der Waals surface area contributed by atoms with E-state index < -0.39 is 0 Å². The highest BCUT2D eigenvalue weighted by atomic mass is 35.5. The van der Waals surface area contributed by atoms with Crippen molar-refractivity contribution in [2.75, 3.05) is 25.4 Å². The van der Waals surface area contributed by atoms with Crippen molar-refractivity contribution in [2.45, 2.75) is 19.0 Å². The molecule has 0 spiro atoms. The number of nitrogens with zero attached hydrogens (tertiary/aromatic N) is 2. The van der Waals surface area contributed by atoms with E-state index in [1.54, 1.807) is 23.9 Å². The second-order valence-corrected chi connectivity index (χ2v) is 8.46. The lowest BCUT2D eigenvalue weighted by Crippen LogP contribution is -2.25. The Balaban J connectivity index is 1.87. The van der Waals surface area contributed by atoms with Crippen molar-refractivity contribution in [3.05, 3.63) is 44.0 Å². The molecule has 0 saturated carbocycles. The number of thiophene rings is 1. The van der Waals surface area contributed by atoms with Crippen LogP contribution >= 0.6 is 46.3 Å². The molecule has 0 amide bonds. The maximum absolute atomic E-state index is 12.6. The molecule has 4 nitrogen and oxygen atoms in total. The van der Waals surface area contributed by atoms with Gasteiger partial charge in [0, 0.05) is 23.2 Å². The first-order valence-corrected chi connectivity index (χ1v) is 11.0. The number of benzene rings is 1. The topological polar surface area (TPSA) is 49.0 Å². The fourth-order valence-corrected chi connectivity index (χ4v) is 4.85. The molecule has 0 aliphatic rings. The molecule has 0 atom stereocenters. The van der Waals surface area contributed by atoms with Gasteiger partial charge in [0.05, 0.1) is 15.4 Å². The Bertz CT molecular complexity index is 967. The summed E-state index contributed by atoms with van der Waals surface area (Å²) in [6, 6.07) is 5.38. The van der Waals surface area contributed by atoms with Crippen LogP contribution in [0, 0.1) is 0 Å². The van der Waals surface area contributed by atoms with Gasteiger partial charge in [-0.1, -0.05) is 54.9 Å². The van der Waals surface area contributed by atoms with Gasteiger partial charge in [-0.25, -0.2) is 4.98 Å². The molecule has 1 aromatic carbocycles. The highest BCUT2D eigenvalue weighted by molar-refractivity contribution is 7.99. The summed E-state index contributed by atoms with van der Waals surface area (Å²) in [6.07, 6.45) is 0. The van der Waals surface area contributed by atoms with Gasteiger partial charge < -0.3 is 9.88 Å². The number of hydrogen-bond donors (Lipinski definition) is 1. The largest absolute Gasteiger partial charge is 0.303 e. The van der Waals surface area contributed by atoms with E-state index in [4.69, 9.17) is 23.2 Å². The van der Waals surface area contributed by atoms with Crippen LogP contribution in [-0.4, -0.2) is 40.3 Å². The van der Waals surface area contributed by atoms with E-state index >= 15 is 0 Å². The van der Waals surface area contributed by atoms with Crippen LogP contribution < -0.4 is 5.56 Å². The Hall–Kier alpha value is -1.05. The molecular weight excluding hydrogens is 409 g/mol. The number of thioether (sulfide) groups is 1. The van der Waals surface area contributed by atoms with Gasteiger partial charge in [0.25, 0.3) is 5.56 Å². The van der Waals surface area contributed by atoms with Crippen molar-refractivity contribution < 1.29 is 0 Å². The summed E-state index contributed by atoms with van der Waals surface area (Å²) in [6.45, 7) is 7.32. The lowest BCUT2D eigenvalue weighted by Gasteiger charge is -2.16. The monoisotopic (exact) mass is 427 g/mol. The zero-order valence-corrected chi connectivity index (χ0v) is 17.7. The molecule has 0 aliphatic carbocycles. The summed E-state index contributed by atoms with van der Waals surface area (Å²) < 4.78 is 0. The first kappa shape index (κ1) is 19.7. The standard InChI is InChI=1S/C18H19Cl2N3OS2/c1-3-23(4-2)7-8-25-18-21-16(24)15-12(10-26-17(15)22-18)11-5-6-13(19)14(20)9-11/h5-6,9-10H,3-4,7-8H2,1-2H3,(H,21,22,24). The summed E-state index contributed by atoms with van der Waals surface area (Å²) >= 11 is 15.1. The van der Waals surface area contributed by atoms with Crippen LogP contribution in [0.2, 0.25) is 10.0 Å². The molecule has 0 saturated heterocycles. The molecule has 0 fully saturated rings. The van der Waals surface area contributed by atoms with Gasteiger partial charge in [-0.15, -0.1) is 11.3 Å². The zero-order chi connectivity index (χ0) is 18.7. The Morgan fingerprint density at radius 3 is 2.69 bits per heavy atom. The lowest BCUT2D eigenvalue weighted by molar-refractivity contribution is 0.324. The van der Waals surface area contributed by atoms with E-state index in [0.717, 1.165) is 41.3 Å². The van der Waals surface area contributed by atoms with Gasteiger partial charge >= 0.3 is 0 Å². The van der Waals surface area contributed by atoms with Crippen LogP contribution in [0.1, 0.15) is 13.8 Å². The van der Waals surface area contributed by atoms with Crippen molar-refractivity contribution in [3.8, 4) is 11.1 Å². The molecule has 0 aliphatic heterocycles. The van der Waals surface area contributed by atoms with Crippen molar-refractivity contribution >= 4 is 56.5 Å². The molecule has 138 valence electrons.